The van der Waals surface area contributed by atoms with Crippen LogP contribution in [0.5, 0.6) is 11.5 Å². The molecule has 0 heterocycles. The minimum Gasteiger partial charge on any atom is -0.537 e. The van der Waals surface area contributed by atoms with Crippen molar-refractivity contribution in [3.63, 3.8) is 0 Å². The molecule has 67 valence electrons. The van der Waals surface area contributed by atoms with Gasteiger partial charge in [0, 0.05) is 6.07 Å². The predicted molar refractivity (Wildman–Crippen MR) is 47.0 cm³/mol. The van der Waals surface area contributed by atoms with Crippen LogP contribution < -0.4 is 9.39 Å². The van der Waals surface area contributed by atoms with Crippen LogP contribution in [-0.4, -0.2) is 26.1 Å². The van der Waals surface area contributed by atoms with Crippen molar-refractivity contribution in [2.24, 2.45) is 0 Å². The van der Waals surface area contributed by atoms with Gasteiger partial charge in [0.15, 0.2) is 6.29 Å². The van der Waals surface area contributed by atoms with Crippen LogP contribution in [0.25, 0.3) is 0 Å². The van der Waals surface area contributed by atoms with Crippen molar-refractivity contribution in [3.05, 3.63) is 23.8 Å². The number of benzene rings is 1. The molecule has 0 atom stereocenters. The number of hydrogen-bond acceptors (Lipinski definition) is 4. The Morgan fingerprint density at radius 1 is 1.54 bits per heavy atom. The van der Waals surface area contributed by atoms with Gasteiger partial charge in [-0.25, -0.2) is 0 Å². The Balaban J connectivity index is 2.98. The first-order valence-electron chi connectivity index (χ1n) is 3.57. The molecule has 1 aromatic carbocycles. The van der Waals surface area contributed by atoms with Gasteiger partial charge in [-0.3, -0.25) is 4.79 Å². The van der Waals surface area contributed by atoms with E-state index in [0.29, 0.717) is 31.0 Å². The van der Waals surface area contributed by atoms with Gasteiger partial charge in [-0.05, 0) is 12.1 Å². The maximum atomic E-state index is 10.5. The number of aldehydes is 1. The van der Waals surface area contributed by atoms with Gasteiger partial charge in [0.25, 0.3) is 0 Å². The van der Waals surface area contributed by atoms with Gasteiger partial charge in [-0.15, -0.1) is 0 Å². The molecule has 0 spiro atoms. The van der Waals surface area contributed by atoms with E-state index >= 15 is 0 Å². The topological polar surface area (TPSA) is 55.8 Å². The highest BCUT2D eigenvalue weighted by molar-refractivity contribution is 6.17. The highest BCUT2D eigenvalue weighted by Gasteiger charge is 2.03. The molecule has 13 heavy (non-hydrogen) atoms. The third kappa shape index (κ3) is 2.22. The fraction of sp³-hybridized carbons (Fsp3) is 0.125. The van der Waals surface area contributed by atoms with Gasteiger partial charge in [-0.2, -0.15) is 0 Å². The second kappa shape index (κ2) is 4.52. The fourth-order valence-electron chi connectivity index (χ4n) is 0.923. The summed E-state index contributed by atoms with van der Waals surface area (Å²) in [6.07, 6.45) is 0.686. The summed E-state index contributed by atoms with van der Waals surface area (Å²) in [5.74, 6) is 0.819. The quantitative estimate of drug-likeness (QED) is 0.537. The SMILES string of the molecule is COc1cc(O[B]O)ccc1C=O. The van der Waals surface area contributed by atoms with E-state index in [9.17, 15) is 4.79 Å². The van der Waals surface area contributed by atoms with Crippen LogP contribution in [0, 0.1) is 0 Å². The third-order valence-corrected chi connectivity index (χ3v) is 1.52. The molecule has 4 nitrogen and oxygen atoms in total. The van der Waals surface area contributed by atoms with E-state index in [-0.39, 0.29) is 0 Å². The summed E-state index contributed by atoms with van der Waals surface area (Å²) in [5, 5.41) is 8.35. The lowest BCUT2D eigenvalue weighted by Gasteiger charge is -2.06. The molecule has 1 aromatic rings. The average molecular weight is 179 g/mol. The monoisotopic (exact) mass is 179 g/mol. The number of carbonyl (C=O) groups excluding carboxylic acids is 1. The smallest absolute Gasteiger partial charge is 0.537 e. The van der Waals surface area contributed by atoms with Crippen LogP contribution >= 0.6 is 0 Å². The predicted octanol–water partition coefficient (Wildman–Crippen LogP) is 0.413. The van der Waals surface area contributed by atoms with Gasteiger partial charge in [0.2, 0.25) is 0 Å². The summed E-state index contributed by atoms with van der Waals surface area (Å²) in [6, 6.07) is 4.61. The Kier molecular flexibility index (Phi) is 3.34. The highest BCUT2D eigenvalue weighted by atomic mass is 16.5. The van der Waals surface area contributed by atoms with Crippen molar-refractivity contribution < 1.29 is 19.2 Å². The van der Waals surface area contributed by atoms with Gasteiger partial charge in [0.1, 0.15) is 11.5 Å². The Morgan fingerprint density at radius 2 is 2.31 bits per heavy atom. The van der Waals surface area contributed by atoms with Crippen LogP contribution in [0.4, 0.5) is 0 Å². The number of rotatable bonds is 4. The first-order chi connectivity index (χ1) is 6.31. The molecule has 0 aliphatic rings. The van der Waals surface area contributed by atoms with E-state index < -0.39 is 0 Å². The largest absolute Gasteiger partial charge is 0.569 e. The Hall–Kier alpha value is -1.49. The Bertz CT molecular complexity index is 300. The Labute approximate surface area is 76.4 Å². The Morgan fingerprint density at radius 3 is 2.85 bits per heavy atom. The summed E-state index contributed by atoms with van der Waals surface area (Å²) in [6.45, 7) is 0. The molecule has 0 saturated heterocycles. The fourth-order valence-corrected chi connectivity index (χ4v) is 0.923. The van der Waals surface area contributed by atoms with Crippen LogP contribution in [0.15, 0.2) is 18.2 Å². The minimum atomic E-state index is 0.407. The van der Waals surface area contributed by atoms with Crippen LogP contribution in [0.1, 0.15) is 10.4 Å². The number of methoxy groups -OCH3 is 1. The summed E-state index contributed by atoms with van der Waals surface area (Å²) in [7, 11) is 2.02. The van der Waals surface area contributed by atoms with E-state index in [2.05, 4.69) is 4.65 Å². The van der Waals surface area contributed by atoms with Gasteiger partial charge < -0.3 is 14.4 Å². The minimum absolute atomic E-state index is 0.407. The van der Waals surface area contributed by atoms with E-state index in [0.717, 1.165) is 0 Å². The van der Waals surface area contributed by atoms with Crippen LogP contribution in [0.2, 0.25) is 0 Å². The van der Waals surface area contributed by atoms with Crippen molar-refractivity contribution in [3.8, 4) is 11.5 Å². The number of carbonyl (C=O) groups is 1. The summed E-state index contributed by atoms with van der Waals surface area (Å²) >= 11 is 0. The molecule has 0 saturated carbocycles. The molecule has 0 aliphatic carbocycles. The zero-order valence-electron chi connectivity index (χ0n) is 7.06. The van der Waals surface area contributed by atoms with Crippen molar-refractivity contribution in [2.75, 3.05) is 7.11 Å². The second-order valence-electron chi connectivity index (χ2n) is 2.24. The molecular formula is C8H8BO4. The molecule has 0 bridgehead atoms. The molecule has 0 unspecified atom stereocenters. The van der Waals surface area contributed by atoms with Crippen molar-refractivity contribution in [1.82, 2.24) is 0 Å². The molecule has 0 amide bonds. The molecule has 0 aliphatic heterocycles. The highest BCUT2D eigenvalue weighted by Crippen LogP contribution is 2.22. The van der Waals surface area contributed by atoms with Crippen molar-refractivity contribution >= 4 is 14.0 Å². The van der Waals surface area contributed by atoms with E-state index in [1.54, 1.807) is 12.1 Å². The lowest BCUT2D eigenvalue weighted by atomic mass is 10.2. The third-order valence-electron chi connectivity index (χ3n) is 1.52. The first kappa shape index (κ1) is 9.60. The summed E-state index contributed by atoms with van der Waals surface area (Å²) in [4.78, 5) is 10.5. The van der Waals surface area contributed by atoms with E-state index in [4.69, 9.17) is 9.76 Å². The van der Waals surface area contributed by atoms with Gasteiger partial charge in [0.05, 0.1) is 12.7 Å². The number of hydrogen-bond donors (Lipinski definition) is 1. The van der Waals surface area contributed by atoms with Crippen LogP contribution in [-0.2, 0) is 0 Å². The number of ether oxygens (including phenoxy) is 1. The molecule has 1 N–H and O–H groups in total. The zero-order chi connectivity index (χ0) is 9.68. The van der Waals surface area contributed by atoms with Gasteiger partial charge >= 0.3 is 7.69 Å². The van der Waals surface area contributed by atoms with Crippen molar-refractivity contribution in [2.45, 2.75) is 0 Å². The standard InChI is InChI=1S/C8H8BO4/c1-12-8-4-7(13-9-11)3-2-6(8)5-10/h2-5,11H,1H3. The molecule has 0 aromatic heterocycles. The maximum Gasteiger partial charge on any atom is 0.569 e. The molecule has 5 heteroatoms. The normalized spacial score (nSPS) is 9.08. The maximum absolute atomic E-state index is 10.5. The molecule has 0 fully saturated rings. The summed E-state index contributed by atoms with van der Waals surface area (Å²) < 4.78 is 9.60. The average Bonchev–Trinajstić information content (AvgIpc) is 2.18. The van der Waals surface area contributed by atoms with Crippen molar-refractivity contribution in [1.29, 1.82) is 0 Å². The summed E-state index contributed by atoms with van der Waals surface area (Å²) in [5.41, 5.74) is 0.438. The zero-order valence-corrected chi connectivity index (χ0v) is 7.06. The van der Waals surface area contributed by atoms with Crippen LogP contribution in [0.3, 0.4) is 0 Å². The lowest BCUT2D eigenvalue weighted by Crippen LogP contribution is -2.00. The molecular weight excluding hydrogens is 171 g/mol. The van der Waals surface area contributed by atoms with Gasteiger partial charge in [-0.1, -0.05) is 0 Å². The first-order valence-corrected chi connectivity index (χ1v) is 3.57. The molecule has 1 radical (unpaired) electrons. The van der Waals surface area contributed by atoms with E-state index in [1.807, 2.05) is 0 Å². The van der Waals surface area contributed by atoms with E-state index in [1.165, 1.54) is 13.2 Å². The second-order valence-corrected chi connectivity index (χ2v) is 2.24. The molecule has 1 rings (SSSR count). The lowest BCUT2D eigenvalue weighted by molar-refractivity contribution is 0.112.